The lowest BCUT2D eigenvalue weighted by molar-refractivity contribution is -0.116. The van der Waals surface area contributed by atoms with Crippen molar-refractivity contribution in [3.63, 3.8) is 0 Å². The van der Waals surface area contributed by atoms with Gasteiger partial charge in [0.1, 0.15) is 11.6 Å². The summed E-state index contributed by atoms with van der Waals surface area (Å²) in [6.07, 6.45) is 5.99. The number of amides is 2. The normalized spacial score (nSPS) is 10.8. The third-order valence-corrected chi connectivity index (χ3v) is 5.23. The number of hydrogen-bond donors (Lipinski definition) is 1. The fraction of sp³-hybridized carbons (Fsp3) is 0.0417. The van der Waals surface area contributed by atoms with Crippen molar-refractivity contribution in [3.8, 4) is 11.8 Å². The molecular formula is C24H18FN5O3S. The Hall–Kier alpha value is -4.44. The van der Waals surface area contributed by atoms with Crippen LogP contribution in [0.4, 0.5) is 20.9 Å². The van der Waals surface area contributed by atoms with Gasteiger partial charge >= 0.3 is 6.01 Å². The maximum Gasteiger partial charge on any atom is 0.321 e. The summed E-state index contributed by atoms with van der Waals surface area (Å²) in [5, 5.41) is 4.71. The van der Waals surface area contributed by atoms with Crippen LogP contribution in [0.3, 0.4) is 0 Å². The van der Waals surface area contributed by atoms with E-state index in [0.717, 1.165) is 0 Å². The van der Waals surface area contributed by atoms with Crippen molar-refractivity contribution in [1.82, 2.24) is 15.0 Å². The predicted molar refractivity (Wildman–Crippen MR) is 128 cm³/mol. The first-order valence-electron chi connectivity index (χ1n) is 10.0. The van der Waals surface area contributed by atoms with Gasteiger partial charge in [-0.05, 0) is 48.5 Å². The lowest BCUT2D eigenvalue weighted by Crippen LogP contribution is -2.23. The fourth-order valence-corrected chi connectivity index (χ4v) is 3.74. The van der Waals surface area contributed by atoms with E-state index < -0.39 is 5.82 Å². The van der Waals surface area contributed by atoms with Crippen LogP contribution in [0.5, 0.6) is 11.8 Å². The Morgan fingerprint density at radius 3 is 2.50 bits per heavy atom. The summed E-state index contributed by atoms with van der Waals surface area (Å²) in [6.45, 7) is 1.33. The summed E-state index contributed by atoms with van der Waals surface area (Å²) >= 11 is 1.17. The molecule has 4 aromatic rings. The predicted octanol–water partition coefficient (Wildman–Crippen LogP) is 5.20. The molecule has 0 aliphatic rings. The third kappa shape index (κ3) is 5.67. The van der Waals surface area contributed by atoms with Gasteiger partial charge < -0.3 is 10.1 Å². The lowest BCUT2D eigenvalue weighted by Gasteiger charge is -2.18. The first-order chi connectivity index (χ1) is 16.5. The van der Waals surface area contributed by atoms with Crippen LogP contribution in [0.1, 0.15) is 12.6 Å². The molecule has 0 unspecified atom stereocenters. The maximum atomic E-state index is 14.2. The van der Waals surface area contributed by atoms with E-state index in [4.69, 9.17) is 4.74 Å². The van der Waals surface area contributed by atoms with Gasteiger partial charge in [0.15, 0.2) is 5.13 Å². The molecular weight excluding hydrogens is 457 g/mol. The van der Waals surface area contributed by atoms with Crippen molar-refractivity contribution >= 4 is 45.7 Å². The maximum absolute atomic E-state index is 14.2. The molecule has 2 aromatic carbocycles. The first kappa shape index (κ1) is 22.7. The zero-order valence-electron chi connectivity index (χ0n) is 17.9. The average Bonchev–Trinajstić information content (AvgIpc) is 3.29. The number of halogens is 1. The van der Waals surface area contributed by atoms with Crippen LogP contribution in [-0.2, 0) is 9.59 Å². The molecule has 4 rings (SSSR count). The molecule has 0 radical (unpaired) electrons. The third-order valence-electron chi connectivity index (χ3n) is 4.39. The Kier molecular flexibility index (Phi) is 6.99. The molecule has 0 spiro atoms. The number of rotatable bonds is 7. The molecule has 0 saturated heterocycles. The van der Waals surface area contributed by atoms with Crippen molar-refractivity contribution in [2.24, 2.45) is 0 Å². The Morgan fingerprint density at radius 2 is 1.79 bits per heavy atom. The number of carbonyl (C=O) groups excluding carboxylic acids is 2. The lowest BCUT2D eigenvalue weighted by atomic mass is 10.3. The minimum absolute atomic E-state index is 0.115. The smallest absolute Gasteiger partial charge is 0.321 e. The molecule has 10 heteroatoms. The largest absolute Gasteiger partial charge is 0.424 e. The number of carbonyl (C=O) groups is 2. The van der Waals surface area contributed by atoms with Gasteiger partial charge in [-0.15, -0.1) is 11.3 Å². The van der Waals surface area contributed by atoms with Crippen molar-refractivity contribution in [2.75, 3.05) is 10.2 Å². The Labute approximate surface area is 198 Å². The SMILES string of the molecule is CC(=O)N(c1nc(C=CC(=O)Nc2ccc(Oc3ncccn3)cc2)cs1)c1ccccc1F. The molecule has 0 aliphatic carbocycles. The van der Waals surface area contributed by atoms with Crippen LogP contribution < -0.4 is 15.0 Å². The second-order valence-corrected chi connectivity index (χ2v) is 7.68. The summed E-state index contributed by atoms with van der Waals surface area (Å²) in [5.74, 6) is -0.747. The average molecular weight is 476 g/mol. The van der Waals surface area contributed by atoms with E-state index in [-0.39, 0.29) is 23.5 Å². The van der Waals surface area contributed by atoms with E-state index in [9.17, 15) is 14.0 Å². The zero-order chi connectivity index (χ0) is 23.9. The number of anilines is 3. The van der Waals surface area contributed by atoms with Crippen LogP contribution >= 0.6 is 11.3 Å². The molecule has 8 nitrogen and oxygen atoms in total. The number of ether oxygens (including phenoxy) is 1. The molecule has 2 aromatic heterocycles. The number of nitrogens with zero attached hydrogens (tertiary/aromatic N) is 4. The minimum atomic E-state index is -0.530. The van der Waals surface area contributed by atoms with Crippen molar-refractivity contribution in [3.05, 3.63) is 90.0 Å². The summed E-state index contributed by atoms with van der Waals surface area (Å²) in [7, 11) is 0. The molecule has 34 heavy (non-hydrogen) atoms. The highest BCUT2D eigenvalue weighted by Crippen LogP contribution is 2.31. The topological polar surface area (TPSA) is 97.3 Å². The van der Waals surface area contributed by atoms with Crippen LogP contribution in [0.15, 0.2) is 78.4 Å². The van der Waals surface area contributed by atoms with Crippen LogP contribution in [0, 0.1) is 5.82 Å². The van der Waals surface area contributed by atoms with E-state index in [1.54, 1.807) is 60.2 Å². The van der Waals surface area contributed by atoms with E-state index in [1.807, 2.05) is 0 Å². The summed E-state index contributed by atoms with van der Waals surface area (Å²) in [5.41, 5.74) is 1.14. The molecule has 170 valence electrons. The van der Waals surface area contributed by atoms with Gasteiger partial charge in [0.05, 0.1) is 11.4 Å². The number of benzene rings is 2. The highest BCUT2D eigenvalue weighted by Gasteiger charge is 2.20. The first-order valence-corrected chi connectivity index (χ1v) is 10.9. The molecule has 0 fully saturated rings. The number of hydrogen-bond acceptors (Lipinski definition) is 7. The van der Waals surface area contributed by atoms with Crippen molar-refractivity contribution < 1.29 is 18.7 Å². The highest BCUT2D eigenvalue weighted by atomic mass is 32.1. The molecule has 0 bridgehead atoms. The number of aromatic nitrogens is 3. The summed E-state index contributed by atoms with van der Waals surface area (Å²) in [6, 6.07) is 14.6. The van der Waals surface area contributed by atoms with E-state index >= 15 is 0 Å². The van der Waals surface area contributed by atoms with Crippen molar-refractivity contribution in [2.45, 2.75) is 6.92 Å². The van der Waals surface area contributed by atoms with Gasteiger partial charge in [0.25, 0.3) is 0 Å². The van der Waals surface area contributed by atoms with E-state index in [1.165, 1.54) is 47.4 Å². The van der Waals surface area contributed by atoms with Gasteiger partial charge in [0.2, 0.25) is 11.8 Å². The van der Waals surface area contributed by atoms with Gasteiger partial charge in [-0.2, -0.15) is 0 Å². The second-order valence-electron chi connectivity index (χ2n) is 6.84. The molecule has 0 saturated carbocycles. The van der Waals surface area contributed by atoms with Gasteiger partial charge in [0, 0.05) is 36.5 Å². The molecule has 2 heterocycles. The van der Waals surface area contributed by atoms with Gasteiger partial charge in [-0.25, -0.2) is 19.3 Å². The zero-order valence-corrected chi connectivity index (χ0v) is 18.7. The summed E-state index contributed by atoms with van der Waals surface area (Å²) < 4.78 is 19.7. The standard InChI is InChI=1S/C24H18FN5O3S/c1-16(31)30(21-6-3-2-5-20(21)25)24-29-18(15-34-24)9-12-22(32)28-17-7-10-19(11-8-17)33-23-26-13-4-14-27-23/h2-15H,1H3,(H,28,32). The number of nitrogens with one attached hydrogen (secondary N) is 1. The molecule has 0 atom stereocenters. The minimum Gasteiger partial charge on any atom is -0.424 e. The number of thiazole rings is 1. The van der Waals surface area contributed by atoms with E-state index in [0.29, 0.717) is 22.3 Å². The Morgan fingerprint density at radius 1 is 1.06 bits per heavy atom. The van der Waals surface area contributed by atoms with Crippen LogP contribution in [0.2, 0.25) is 0 Å². The highest BCUT2D eigenvalue weighted by molar-refractivity contribution is 7.14. The quantitative estimate of drug-likeness (QED) is 0.369. The van der Waals surface area contributed by atoms with Gasteiger partial charge in [-0.3, -0.25) is 14.5 Å². The molecule has 0 aliphatic heterocycles. The van der Waals surface area contributed by atoms with E-state index in [2.05, 4.69) is 20.3 Å². The second kappa shape index (κ2) is 10.5. The van der Waals surface area contributed by atoms with Crippen molar-refractivity contribution in [1.29, 1.82) is 0 Å². The monoisotopic (exact) mass is 475 g/mol. The fourth-order valence-electron chi connectivity index (χ4n) is 2.89. The van der Waals surface area contributed by atoms with Crippen LogP contribution in [-0.4, -0.2) is 26.8 Å². The van der Waals surface area contributed by atoms with Gasteiger partial charge in [-0.1, -0.05) is 12.1 Å². The van der Waals surface area contributed by atoms with Crippen LogP contribution in [0.25, 0.3) is 6.08 Å². The number of para-hydroxylation sites is 1. The Bertz CT molecular complexity index is 1330. The molecule has 2 amide bonds. The molecule has 1 N–H and O–H groups in total. The Balaban J connectivity index is 1.39. The summed E-state index contributed by atoms with van der Waals surface area (Å²) in [4.78, 5) is 37.9.